The summed E-state index contributed by atoms with van der Waals surface area (Å²) >= 11 is 0. The molecule has 10 heavy (non-hydrogen) atoms. The maximum atomic E-state index is 3.44. The Labute approximate surface area is 68.4 Å². The quantitative estimate of drug-likeness (QED) is 0.553. The molecule has 2 saturated heterocycles. The molecule has 0 radical (unpaired) electrons. The molecule has 0 aromatic heterocycles. The van der Waals surface area contributed by atoms with Crippen LogP contribution in [0.3, 0.4) is 0 Å². The minimum Gasteiger partial charge on any atom is -0.312 e. The Morgan fingerprint density at radius 2 is 2.30 bits per heavy atom. The van der Waals surface area contributed by atoms with E-state index in [0.717, 1.165) is 12.0 Å². The fourth-order valence-electron chi connectivity index (χ4n) is 1.78. The Kier molecular flexibility index (Phi) is 2.55. The number of nitrogens with zero attached hydrogens (tertiary/aromatic N) is 1. The Morgan fingerprint density at radius 1 is 1.50 bits per heavy atom. The van der Waals surface area contributed by atoms with Crippen molar-refractivity contribution in [3.63, 3.8) is 0 Å². The van der Waals surface area contributed by atoms with Crippen LogP contribution < -0.4 is 5.32 Å². The van der Waals surface area contributed by atoms with Crippen LogP contribution >= 0.6 is 12.4 Å². The van der Waals surface area contributed by atoms with Gasteiger partial charge in [-0.1, -0.05) is 0 Å². The molecule has 2 fully saturated rings. The van der Waals surface area contributed by atoms with E-state index in [2.05, 4.69) is 17.3 Å². The second-order valence-corrected chi connectivity index (χ2v) is 3.33. The summed E-state index contributed by atoms with van der Waals surface area (Å²) in [5.74, 6) is 1.01. The van der Waals surface area contributed by atoms with Gasteiger partial charge in [0.1, 0.15) is 0 Å². The van der Waals surface area contributed by atoms with Crippen LogP contribution in [0.2, 0.25) is 0 Å². The van der Waals surface area contributed by atoms with Crippen LogP contribution in [-0.4, -0.2) is 37.6 Å². The summed E-state index contributed by atoms with van der Waals surface area (Å²) in [7, 11) is 2.20. The number of likely N-dealkylation sites (N-methyl/N-ethyl adjacent to an activating group) is 1. The van der Waals surface area contributed by atoms with Gasteiger partial charge in [0.15, 0.2) is 0 Å². The SMILES string of the molecule is CN1CCC2CNC2C1.Cl. The predicted molar refractivity (Wildman–Crippen MR) is 44.6 cm³/mol. The first-order chi connectivity index (χ1) is 4.36. The summed E-state index contributed by atoms with van der Waals surface area (Å²) in [6.45, 7) is 3.85. The lowest BCUT2D eigenvalue weighted by atomic mass is 9.85. The fraction of sp³-hybridized carbons (Fsp3) is 1.00. The van der Waals surface area contributed by atoms with E-state index in [4.69, 9.17) is 0 Å². The molecule has 0 aliphatic carbocycles. The van der Waals surface area contributed by atoms with Gasteiger partial charge in [-0.3, -0.25) is 0 Å². The molecule has 2 rings (SSSR count). The number of piperidine rings is 1. The summed E-state index contributed by atoms with van der Waals surface area (Å²) in [5.41, 5.74) is 0. The molecule has 2 unspecified atom stereocenters. The van der Waals surface area contributed by atoms with Gasteiger partial charge in [0.05, 0.1) is 0 Å². The second-order valence-electron chi connectivity index (χ2n) is 3.33. The lowest BCUT2D eigenvalue weighted by Gasteiger charge is -2.45. The van der Waals surface area contributed by atoms with Gasteiger partial charge >= 0.3 is 0 Å². The number of hydrogen-bond acceptors (Lipinski definition) is 2. The largest absolute Gasteiger partial charge is 0.312 e. The summed E-state index contributed by atoms with van der Waals surface area (Å²) in [4.78, 5) is 2.41. The van der Waals surface area contributed by atoms with Gasteiger partial charge in [0.2, 0.25) is 0 Å². The van der Waals surface area contributed by atoms with Gasteiger partial charge in [0, 0.05) is 12.6 Å². The van der Waals surface area contributed by atoms with E-state index in [-0.39, 0.29) is 12.4 Å². The molecule has 2 aliphatic heterocycles. The molecule has 0 saturated carbocycles. The summed E-state index contributed by atoms with van der Waals surface area (Å²) in [6.07, 6.45) is 1.41. The monoisotopic (exact) mass is 162 g/mol. The Balaban J connectivity index is 0.000000500. The molecule has 2 nitrogen and oxygen atoms in total. The molecule has 2 heterocycles. The molecule has 0 amide bonds. The van der Waals surface area contributed by atoms with Crippen molar-refractivity contribution >= 4 is 12.4 Å². The Bertz CT molecular complexity index is 118. The minimum absolute atomic E-state index is 0. The van der Waals surface area contributed by atoms with Crippen LogP contribution in [0.4, 0.5) is 0 Å². The zero-order valence-corrected chi connectivity index (χ0v) is 7.16. The van der Waals surface area contributed by atoms with E-state index in [1.54, 1.807) is 0 Å². The van der Waals surface area contributed by atoms with Gasteiger partial charge in [-0.2, -0.15) is 0 Å². The number of fused-ring (bicyclic) bond motifs is 1. The van der Waals surface area contributed by atoms with Gasteiger partial charge in [-0.25, -0.2) is 0 Å². The summed E-state index contributed by atoms with van der Waals surface area (Å²) in [5, 5.41) is 3.44. The first kappa shape index (κ1) is 8.31. The molecule has 2 atom stereocenters. The van der Waals surface area contributed by atoms with Crippen molar-refractivity contribution in [3.8, 4) is 0 Å². The molecule has 1 N–H and O–H groups in total. The third-order valence-corrected chi connectivity index (χ3v) is 2.60. The number of nitrogens with one attached hydrogen (secondary N) is 1. The zero-order valence-electron chi connectivity index (χ0n) is 6.34. The average Bonchev–Trinajstić information content (AvgIpc) is 1.78. The second kappa shape index (κ2) is 3.07. The van der Waals surface area contributed by atoms with Crippen LogP contribution in [0.5, 0.6) is 0 Å². The van der Waals surface area contributed by atoms with Crippen molar-refractivity contribution in [2.45, 2.75) is 12.5 Å². The molecule has 0 aromatic carbocycles. The third kappa shape index (κ3) is 1.29. The van der Waals surface area contributed by atoms with Crippen molar-refractivity contribution in [1.29, 1.82) is 0 Å². The van der Waals surface area contributed by atoms with E-state index < -0.39 is 0 Å². The lowest BCUT2D eigenvalue weighted by molar-refractivity contribution is 0.103. The highest BCUT2D eigenvalue weighted by Crippen LogP contribution is 2.22. The number of rotatable bonds is 0. The highest BCUT2D eigenvalue weighted by atomic mass is 35.5. The lowest BCUT2D eigenvalue weighted by Crippen LogP contribution is -2.61. The molecule has 0 aromatic rings. The molecule has 0 bridgehead atoms. The van der Waals surface area contributed by atoms with Crippen molar-refractivity contribution in [2.75, 3.05) is 26.7 Å². The van der Waals surface area contributed by atoms with Crippen LogP contribution in [0, 0.1) is 5.92 Å². The standard InChI is InChI=1S/C7H14N2.ClH/c1-9-3-2-6-4-8-7(6)5-9;/h6-8H,2-5H2,1H3;1H. The average molecular weight is 163 g/mol. The topological polar surface area (TPSA) is 15.3 Å². The molecular weight excluding hydrogens is 148 g/mol. The first-order valence-corrected chi connectivity index (χ1v) is 3.78. The maximum Gasteiger partial charge on any atom is 0.0235 e. The van der Waals surface area contributed by atoms with Gasteiger partial charge in [-0.15, -0.1) is 12.4 Å². The van der Waals surface area contributed by atoms with E-state index >= 15 is 0 Å². The Morgan fingerprint density at radius 3 is 2.70 bits per heavy atom. The molecule has 0 spiro atoms. The van der Waals surface area contributed by atoms with Crippen LogP contribution in [0.15, 0.2) is 0 Å². The van der Waals surface area contributed by atoms with E-state index in [1.165, 1.54) is 26.1 Å². The van der Waals surface area contributed by atoms with Gasteiger partial charge in [0.25, 0.3) is 0 Å². The molecular formula is C7H15ClN2. The van der Waals surface area contributed by atoms with Crippen molar-refractivity contribution in [2.24, 2.45) is 5.92 Å². The number of halogens is 1. The van der Waals surface area contributed by atoms with Gasteiger partial charge in [-0.05, 0) is 32.5 Å². The minimum atomic E-state index is 0. The van der Waals surface area contributed by atoms with E-state index in [9.17, 15) is 0 Å². The van der Waals surface area contributed by atoms with Crippen LogP contribution in [-0.2, 0) is 0 Å². The summed E-state index contributed by atoms with van der Waals surface area (Å²) < 4.78 is 0. The van der Waals surface area contributed by atoms with Crippen molar-refractivity contribution < 1.29 is 0 Å². The molecule has 2 aliphatic rings. The van der Waals surface area contributed by atoms with Crippen LogP contribution in [0.1, 0.15) is 6.42 Å². The van der Waals surface area contributed by atoms with Crippen LogP contribution in [0.25, 0.3) is 0 Å². The fourth-order valence-corrected chi connectivity index (χ4v) is 1.78. The van der Waals surface area contributed by atoms with Gasteiger partial charge < -0.3 is 10.2 Å². The predicted octanol–water partition coefficient (Wildman–Crippen LogP) is 0.332. The molecule has 3 heteroatoms. The number of likely N-dealkylation sites (tertiary alicyclic amines) is 1. The molecule has 60 valence electrons. The third-order valence-electron chi connectivity index (χ3n) is 2.60. The van der Waals surface area contributed by atoms with E-state index in [0.29, 0.717) is 0 Å². The summed E-state index contributed by atoms with van der Waals surface area (Å²) in [6, 6.07) is 0.837. The smallest absolute Gasteiger partial charge is 0.0235 e. The normalized spacial score (nSPS) is 39.3. The highest BCUT2D eigenvalue weighted by molar-refractivity contribution is 5.85. The Hall–Kier alpha value is 0.210. The van der Waals surface area contributed by atoms with Crippen molar-refractivity contribution in [3.05, 3.63) is 0 Å². The van der Waals surface area contributed by atoms with E-state index in [1.807, 2.05) is 0 Å². The highest BCUT2D eigenvalue weighted by Gasteiger charge is 2.33. The van der Waals surface area contributed by atoms with Crippen molar-refractivity contribution in [1.82, 2.24) is 10.2 Å². The maximum absolute atomic E-state index is 3.44. The number of hydrogen-bond donors (Lipinski definition) is 1. The zero-order chi connectivity index (χ0) is 6.27. The first-order valence-electron chi connectivity index (χ1n) is 3.78.